The summed E-state index contributed by atoms with van der Waals surface area (Å²) in [5.41, 5.74) is -1.27. The van der Waals surface area contributed by atoms with Gasteiger partial charge in [0.05, 0.1) is 12.5 Å². The van der Waals surface area contributed by atoms with E-state index in [0.29, 0.717) is 12.3 Å². The summed E-state index contributed by atoms with van der Waals surface area (Å²) in [6.07, 6.45) is 5.99. The Balaban J connectivity index is 3.08. The molecule has 0 radical (unpaired) electrons. The Hall–Kier alpha value is -1.57. The minimum absolute atomic E-state index is 0.0567. The molecule has 1 aliphatic rings. The van der Waals surface area contributed by atoms with E-state index in [0.717, 1.165) is 25.7 Å². The van der Waals surface area contributed by atoms with Gasteiger partial charge in [0.25, 0.3) is 0 Å². The molecule has 2 amide bonds. The molecule has 0 atom stereocenters. The van der Waals surface area contributed by atoms with E-state index >= 15 is 0 Å². The molecule has 0 aromatic carbocycles. The predicted octanol–water partition coefficient (Wildman–Crippen LogP) is 2.91. The molecule has 130 valence electrons. The van der Waals surface area contributed by atoms with Gasteiger partial charge in [0.15, 0.2) is 0 Å². The van der Waals surface area contributed by atoms with Gasteiger partial charge in [0.1, 0.15) is 5.41 Å². The standard InChI is InChI=1S/C18H31N3O2/c1-13(2)20-16(22)18(10-11-19,17(23)21-14(3)4)12-15-8-6-5-7-9-15/h13-15H,5-10,12H2,1-4H3,(H,20,22)(H,21,23). The molecule has 0 spiro atoms. The highest BCUT2D eigenvalue weighted by molar-refractivity contribution is 6.05. The molecule has 5 nitrogen and oxygen atoms in total. The summed E-state index contributed by atoms with van der Waals surface area (Å²) < 4.78 is 0. The maximum Gasteiger partial charge on any atom is 0.236 e. The van der Waals surface area contributed by atoms with Crippen molar-refractivity contribution in [1.29, 1.82) is 5.26 Å². The van der Waals surface area contributed by atoms with E-state index in [1.165, 1.54) is 6.42 Å². The van der Waals surface area contributed by atoms with Crippen molar-refractivity contribution < 1.29 is 9.59 Å². The Kier molecular flexibility index (Phi) is 7.54. The summed E-state index contributed by atoms with van der Waals surface area (Å²) in [6.45, 7) is 7.48. The average Bonchev–Trinajstić information content (AvgIpc) is 2.46. The van der Waals surface area contributed by atoms with Gasteiger partial charge in [-0.15, -0.1) is 0 Å². The zero-order valence-corrected chi connectivity index (χ0v) is 14.9. The van der Waals surface area contributed by atoms with E-state index in [-0.39, 0.29) is 30.3 Å². The molecule has 0 bridgehead atoms. The van der Waals surface area contributed by atoms with Gasteiger partial charge in [-0.3, -0.25) is 9.59 Å². The number of hydrogen-bond donors (Lipinski definition) is 2. The SMILES string of the molecule is CC(C)NC(=O)C(CC#N)(CC1CCCCC1)C(=O)NC(C)C. The second kappa shape index (κ2) is 8.90. The number of nitrogens with zero attached hydrogens (tertiary/aromatic N) is 1. The average molecular weight is 321 g/mol. The first-order valence-electron chi connectivity index (χ1n) is 8.80. The molecule has 0 aromatic heterocycles. The van der Waals surface area contributed by atoms with E-state index in [9.17, 15) is 14.9 Å². The summed E-state index contributed by atoms with van der Waals surface area (Å²) >= 11 is 0. The molecule has 0 heterocycles. The first-order chi connectivity index (χ1) is 10.8. The van der Waals surface area contributed by atoms with E-state index in [1.54, 1.807) is 0 Å². The third-order valence-electron chi connectivity index (χ3n) is 4.45. The first kappa shape index (κ1) is 19.5. The number of carbonyl (C=O) groups excluding carboxylic acids is 2. The van der Waals surface area contributed by atoms with Crippen molar-refractivity contribution in [3.8, 4) is 6.07 Å². The van der Waals surface area contributed by atoms with Crippen LogP contribution in [-0.4, -0.2) is 23.9 Å². The fourth-order valence-electron chi connectivity index (χ4n) is 3.34. The molecule has 1 saturated carbocycles. The molecular formula is C18H31N3O2. The zero-order chi connectivity index (χ0) is 17.5. The van der Waals surface area contributed by atoms with E-state index in [1.807, 2.05) is 27.7 Å². The summed E-state index contributed by atoms with van der Waals surface area (Å²) in [5.74, 6) is -0.275. The fourth-order valence-corrected chi connectivity index (χ4v) is 3.34. The molecule has 2 N–H and O–H groups in total. The fraction of sp³-hybridized carbons (Fsp3) is 0.833. The van der Waals surface area contributed by atoms with Crippen molar-refractivity contribution in [3.05, 3.63) is 0 Å². The molecule has 0 aromatic rings. The van der Waals surface area contributed by atoms with Crippen molar-refractivity contribution in [2.75, 3.05) is 0 Å². The highest BCUT2D eigenvalue weighted by Crippen LogP contribution is 2.38. The second-order valence-corrected chi connectivity index (χ2v) is 7.38. The summed E-state index contributed by atoms with van der Waals surface area (Å²) in [4.78, 5) is 25.7. The van der Waals surface area contributed by atoms with Crippen molar-refractivity contribution >= 4 is 11.8 Å². The van der Waals surface area contributed by atoms with Gasteiger partial charge in [0, 0.05) is 12.1 Å². The highest BCUT2D eigenvalue weighted by Gasteiger charge is 2.47. The van der Waals surface area contributed by atoms with E-state index in [4.69, 9.17) is 0 Å². The molecule has 1 rings (SSSR count). The Labute approximate surface area is 140 Å². The third-order valence-corrected chi connectivity index (χ3v) is 4.45. The number of nitriles is 1. The van der Waals surface area contributed by atoms with Gasteiger partial charge in [-0.1, -0.05) is 32.1 Å². The van der Waals surface area contributed by atoms with Crippen molar-refractivity contribution in [2.45, 2.75) is 84.7 Å². The van der Waals surface area contributed by atoms with Gasteiger partial charge >= 0.3 is 0 Å². The number of carbonyl (C=O) groups is 2. The molecule has 0 saturated heterocycles. The van der Waals surface area contributed by atoms with Crippen LogP contribution in [0.2, 0.25) is 0 Å². The van der Waals surface area contributed by atoms with Gasteiger partial charge in [-0.2, -0.15) is 5.26 Å². The van der Waals surface area contributed by atoms with Crippen LogP contribution in [-0.2, 0) is 9.59 Å². The third kappa shape index (κ3) is 5.53. The van der Waals surface area contributed by atoms with Gasteiger partial charge < -0.3 is 10.6 Å². The van der Waals surface area contributed by atoms with E-state index < -0.39 is 5.41 Å². The molecular weight excluding hydrogens is 290 g/mol. The molecule has 5 heteroatoms. The summed E-state index contributed by atoms with van der Waals surface area (Å²) in [7, 11) is 0. The molecule has 0 aliphatic heterocycles. The lowest BCUT2D eigenvalue weighted by Gasteiger charge is -2.35. The van der Waals surface area contributed by atoms with Crippen molar-refractivity contribution in [3.63, 3.8) is 0 Å². The number of amides is 2. The number of nitrogens with one attached hydrogen (secondary N) is 2. The number of hydrogen-bond acceptors (Lipinski definition) is 3. The van der Waals surface area contributed by atoms with Crippen LogP contribution in [0.5, 0.6) is 0 Å². The van der Waals surface area contributed by atoms with Crippen LogP contribution in [0.25, 0.3) is 0 Å². The molecule has 1 aliphatic carbocycles. The molecule has 1 fully saturated rings. The van der Waals surface area contributed by atoms with Crippen LogP contribution in [0.15, 0.2) is 0 Å². The Morgan fingerprint density at radius 3 is 1.91 bits per heavy atom. The predicted molar refractivity (Wildman–Crippen MR) is 90.4 cm³/mol. The van der Waals surface area contributed by atoms with Crippen LogP contribution in [0.1, 0.15) is 72.6 Å². The van der Waals surface area contributed by atoms with Gasteiger partial charge in [-0.25, -0.2) is 0 Å². The zero-order valence-electron chi connectivity index (χ0n) is 14.9. The van der Waals surface area contributed by atoms with Gasteiger partial charge in [0.2, 0.25) is 11.8 Å². The minimum atomic E-state index is -1.27. The topological polar surface area (TPSA) is 82.0 Å². The van der Waals surface area contributed by atoms with E-state index in [2.05, 4.69) is 16.7 Å². The lowest BCUT2D eigenvalue weighted by Crippen LogP contribution is -2.54. The smallest absolute Gasteiger partial charge is 0.236 e. The maximum absolute atomic E-state index is 12.8. The lowest BCUT2D eigenvalue weighted by atomic mass is 9.71. The van der Waals surface area contributed by atoms with Crippen LogP contribution in [0.3, 0.4) is 0 Å². The Bertz CT molecular complexity index is 424. The second-order valence-electron chi connectivity index (χ2n) is 7.38. The summed E-state index contributed by atoms with van der Waals surface area (Å²) in [5, 5.41) is 15.0. The number of rotatable bonds is 7. The first-order valence-corrected chi connectivity index (χ1v) is 8.80. The highest BCUT2D eigenvalue weighted by atomic mass is 16.2. The quantitative estimate of drug-likeness (QED) is 0.707. The van der Waals surface area contributed by atoms with Crippen LogP contribution in [0.4, 0.5) is 0 Å². The largest absolute Gasteiger partial charge is 0.353 e. The van der Waals surface area contributed by atoms with Gasteiger partial charge in [-0.05, 0) is 40.0 Å². The normalized spacial score (nSPS) is 16.2. The molecule has 0 unspecified atom stereocenters. The lowest BCUT2D eigenvalue weighted by molar-refractivity contribution is -0.145. The minimum Gasteiger partial charge on any atom is -0.353 e. The Morgan fingerprint density at radius 1 is 1.04 bits per heavy atom. The maximum atomic E-state index is 12.8. The van der Waals surface area contributed by atoms with Crippen LogP contribution >= 0.6 is 0 Å². The van der Waals surface area contributed by atoms with Crippen LogP contribution < -0.4 is 10.6 Å². The monoisotopic (exact) mass is 321 g/mol. The summed E-state index contributed by atoms with van der Waals surface area (Å²) in [6, 6.07) is 1.97. The Morgan fingerprint density at radius 2 is 1.52 bits per heavy atom. The van der Waals surface area contributed by atoms with Crippen molar-refractivity contribution in [2.24, 2.45) is 11.3 Å². The molecule has 23 heavy (non-hydrogen) atoms. The van der Waals surface area contributed by atoms with Crippen LogP contribution in [0, 0.1) is 22.7 Å². The van der Waals surface area contributed by atoms with Crippen molar-refractivity contribution in [1.82, 2.24) is 10.6 Å².